The second-order valence-electron chi connectivity index (χ2n) is 4.77. The summed E-state index contributed by atoms with van der Waals surface area (Å²) in [5.74, 6) is -0.247. The molecule has 118 valence electrons. The van der Waals surface area contributed by atoms with Crippen LogP contribution in [0.4, 0.5) is 5.69 Å². The molecule has 23 heavy (non-hydrogen) atoms. The minimum Gasteiger partial charge on any atom is -0.463 e. The van der Waals surface area contributed by atoms with E-state index in [0.29, 0.717) is 11.3 Å². The normalized spacial score (nSPS) is 11.0. The fraction of sp³-hybridized carbons (Fsp3) is 0.118. The van der Waals surface area contributed by atoms with Gasteiger partial charge in [0.2, 0.25) is 5.76 Å². The van der Waals surface area contributed by atoms with Gasteiger partial charge in [-0.2, -0.15) is 0 Å². The molecule has 0 aromatic heterocycles. The highest BCUT2D eigenvalue weighted by Gasteiger charge is 2.14. The van der Waals surface area contributed by atoms with Gasteiger partial charge in [0.15, 0.2) is 0 Å². The minimum absolute atomic E-state index is 0.0569. The zero-order chi connectivity index (χ0) is 16.8. The van der Waals surface area contributed by atoms with Crippen molar-refractivity contribution < 1.29 is 19.2 Å². The molecule has 0 aliphatic carbocycles. The Balaban J connectivity index is 2.36. The highest BCUT2D eigenvalue weighted by atomic mass is 16.6. The topological polar surface area (TPSA) is 78.7 Å². The summed E-state index contributed by atoms with van der Waals surface area (Å²) in [5, 5.41) is 10.8. The zero-order valence-electron chi connectivity index (χ0n) is 12.7. The Labute approximate surface area is 133 Å². The van der Waals surface area contributed by atoms with E-state index < -0.39 is 10.9 Å². The molecule has 0 amide bonds. The fourth-order valence-electron chi connectivity index (χ4n) is 1.92. The van der Waals surface area contributed by atoms with Crippen LogP contribution < -0.4 is 4.74 Å². The predicted octanol–water partition coefficient (Wildman–Crippen LogP) is 3.50. The average molecular weight is 313 g/mol. The van der Waals surface area contributed by atoms with E-state index in [4.69, 9.17) is 9.47 Å². The molecule has 0 saturated carbocycles. The molecule has 0 atom stereocenters. The number of nitrogens with zero attached hydrogens (tertiary/aromatic N) is 1. The summed E-state index contributed by atoms with van der Waals surface area (Å²) in [6.07, 6.45) is 1.40. The summed E-state index contributed by atoms with van der Waals surface area (Å²) in [6.45, 7) is 1.90. The highest BCUT2D eigenvalue weighted by molar-refractivity contribution is 5.92. The van der Waals surface area contributed by atoms with Gasteiger partial charge in [0, 0.05) is 12.1 Å². The minimum atomic E-state index is -0.669. The van der Waals surface area contributed by atoms with Gasteiger partial charge in [0.1, 0.15) is 5.75 Å². The molecule has 0 fully saturated rings. The summed E-state index contributed by atoms with van der Waals surface area (Å²) < 4.78 is 10.3. The highest BCUT2D eigenvalue weighted by Crippen LogP contribution is 2.20. The number of hydrogen-bond donors (Lipinski definition) is 0. The van der Waals surface area contributed by atoms with Gasteiger partial charge in [-0.25, -0.2) is 4.79 Å². The number of esters is 1. The van der Waals surface area contributed by atoms with Crippen molar-refractivity contribution in [3.8, 4) is 5.75 Å². The molecule has 0 bridgehead atoms. The van der Waals surface area contributed by atoms with Crippen molar-refractivity contribution in [2.45, 2.75) is 6.92 Å². The Bertz CT molecular complexity index is 767. The first kappa shape index (κ1) is 16.2. The number of non-ortho nitro benzene ring substituents is 1. The van der Waals surface area contributed by atoms with Crippen LogP contribution in [-0.4, -0.2) is 18.0 Å². The first-order valence-electron chi connectivity index (χ1n) is 6.78. The zero-order valence-corrected chi connectivity index (χ0v) is 12.7. The number of methoxy groups -OCH3 is 1. The summed E-state index contributed by atoms with van der Waals surface area (Å²) >= 11 is 0. The second kappa shape index (κ2) is 7.22. The average Bonchev–Trinajstić information content (AvgIpc) is 2.54. The van der Waals surface area contributed by atoms with Gasteiger partial charge in [-0.1, -0.05) is 24.3 Å². The lowest BCUT2D eigenvalue weighted by atomic mass is 10.2. The van der Waals surface area contributed by atoms with E-state index in [0.717, 1.165) is 5.56 Å². The van der Waals surface area contributed by atoms with Crippen molar-refractivity contribution in [3.63, 3.8) is 0 Å². The van der Waals surface area contributed by atoms with Crippen molar-refractivity contribution in [1.82, 2.24) is 0 Å². The molecule has 0 aliphatic rings. The van der Waals surface area contributed by atoms with Crippen LogP contribution in [0.2, 0.25) is 0 Å². The molecule has 0 radical (unpaired) electrons. The summed E-state index contributed by atoms with van der Waals surface area (Å²) in [6, 6.07) is 13.1. The van der Waals surface area contributed by atoms with E-state index in [1.54, 1.807) is 24.3 Å². The van der Waals surface area contributed by atoms with Gasteiger partial charge in [-0.3, -0.25) is 10.1 Å². The molecule has 0 spiro atoms. The number of nitro benzene ring substituents is 1. The van der Waals surface area contributed by atoms with Gasteiger partial charge in [0.25, 0.3) is 5.69 Å². The largest absolute Gasteiger partial charge is 0.463 e. The summed E-state index contributed by atoms with van der Waals surface area (Å²) in [5.41, 5.74) is 1.37. The van der Waals surface area contributed by atoms with Crippen molar-refractivity contribution in [2.75, 3.05) is 7.11 Å². The second-order valence-corrected chi connectivity index (χ2v) is 4.77. The van der Waals surface area contributed by atoms with E-state index in [1.165, 1.54) is 31.4 Å². The quantitative estimate of drug-likeness (QED) is 0.277. The molecule has 2 aromatic carbocycles. The van der Waals surface area contributed by atoms with Crippen LogP contribution in [0.15, 0.2) is 54.3 Å². The Kier molecular flexibility index (Phi) is 5.09. The standard InChI is InChI=1S/C17H15NO5/c1-12-5-3-8-15(9-12)23-16(17(19)22-2)11-13-6-4-7-14(10-13)18(20)21/h3-11H,1-2H3/b16-11-. The van der Waals surface area contributed by atoms with E-state index in [1.807, 2.05) is 13.0 Å². The van der Waals surface area contributed by atoms with Crippen molar-refractivity contribution >= 4 is 17.7 Å². The molecule has 0 aliphatic heterocycles. The third kappa shape index (κ3) is 4.41. The lowest BCUT2D eigenvalue weighted by Crippen LogP contribution is -2.10. The number of benzene rings is 2. The number of ether oxygens (including phenoxy) is 2. The first-order valence-corrected chi connectivity index (χ1v) is 6.78. The number of nitro groups is 1. The third-order valence-electron chi connectivity index (χ3n) is 2.98. The summed E-state index contributed by atoms with van der Waals surface area (Å²) in [7, 11) is 1.24. The van der Waals surface area contributed by atoms with Gasteiger partial charge in [0.05, 0.1) is 12.0 Å². The SMILES string of the molecule is COC(=O)/C(=C/c1cccc([N+](=O)[O-])c1)Oc1cccc(C)c1. The van der Waals surface area contributed by atoms with E-state index in [-0.39, 0.29) is 11.4 Å². The van der Waals surface area contributed by atoms with Gasteiger partial charge >= 0.3 is 5.97 Å². The van der Waals surface area contributed by atoms with Crippen LogP contribution in [0.3, 0.4) is 0 Å². The van der Waals surface area contributed by atoms with Gasteiger partial charge < -0.3 is 9.47 Å². The van der Waals surface area contributed by atoms with Gasteiger partial charge in [-0.15, -0.1) is 0 Å². The van der Waals surface area contributed by atoms with Crippen LogP contribution >= 0.6 is 0 Å². The van der Waals surface area contributed by atoms with Crippen LogP contribution in [0.1, 0.15) is 11.1 Å². The van der Waals surface area contributed by atoms with Crippen LogP contribution in [0, 0.1) is 17.0 Å². The molecule has 2 aromatic rings. The van der Waals surface area contributed by atoms with E-state index >= 15 is 0 Å². The third-order valence-corrected chi connectivity index (χ3v) is 2.98. The van der Waals surface area contributed by atoms with Crippen LogP contribution in [0.5, 0.6) is 5.75 Å². The smallest absolute Gasteiger partial charge is 0.373 e. The lowest BCUT2D eigenvalue weighted by molar-refractivity contribution is -0.384. The maximum absolute atomic E-state index is 11.9. The van der Waals surface area contributed by atoms with Gasteiger partial charge in [-0.05, 0) is 36.3 Å². The fourth-order valence-corrected chi connectivity index (χ4v) is 1.92. The van der Waals surface area contributed by atoms with Crippen molar-refractivity contribution in [2.24, 2.45) is 0 Å². The number of carbonyl (C=O) groups excluding carboxylic acids is 1. The monoisotopic (exact) mass is 313 g/mol. The molecule has 0 N–H and O–H groups in total. The van der Waals surface area contributed by atoms with Crippen LogP contribution in [0.25, 0.3) is 6.08 Å². The molecule has 0 unspecified atom stereocenters. The molecule has 6 nitrogen and oxygen atoms in total. The molecular weight excluding hydrogens is 298 g/mol. The Morgan fingerprint density at radius 3 is 2.57 bits per heavy atom. The molecule has 0 saturated heterocycles. The lowest BCUT2D eigenvalue weighted by Gasteiger charge is -2.09. The Morgan fingerprint density at radius 2 is 1.91 bits per heavy atom. The maximum atomic E-state index is 11.9. The number of aryl methyl sites for hydroxylation is 1. The predicted molar refractivity (Wildman–Crippen MR) is 84.9 cm³/mol. The Hall–Kier alpha value is -3.15. The van der Waals surface area contributed by atoms with Crippen molar-refractivity contribution in [1.29, 1.82) is 0 Å². The first-order chi connectivity index (χ1) is 11.0. The maximum Gasteiger partial charge on any atom is 0.373 e. The van der Waals surface area contributed by atoms with Crippen LogP contribution in [-0.2, 0) is 9.53 Å². The molecule has 6 heteroatoms. The molecular formula is C17H15NO5. The molecule has 2 rings (SSSR count). The van der Waals surface area contributed by atoms with Crippen molar-refractivity contribution in [3.05, 3.63) is 75.5 Å². The number of rotatable bonds is 5. The molecule has 0 heterocycles. The number of carbonyl (C=O) groups is 1. The van der Waals surface area contributed by atoms with E-state index in [2.05, 4.69) is 0 Å². The number of hydrogen-bond acceptors (Lipinski definition) is 5. The summed E-state index contributed by atoms with van der Waals surface area (Å²) in [4.78, 5) is 22.2. The van der Waals surface area contributed by atoms with E-state index in [9.17, 15) is 14.9 Å². The Morgan fingerprint density at radius 1 is 1.17 bits per heavy atom.